The Balaban J connectivity index is 1.10. The van der Waals surface area contributed by atoms with Crippen LogP contribution in [0.3, 0.4) is 0 Å². The summed E-state index contributed by atoms with van der Waals surface area (Å²) in [6.07, 6.45) is 11.4. The number of fused-ring (bicyclic) bond motifs is 5. The fourth-order valence-corrected chi connectivity index (χ4v) is 8.70. The maximum absolute atomic E-state index is 13.4. The third kappa shape index (κ3) is 3.18. The monoisotopic (exact) mass is 607 g/mol. The van der Waals surface area contributed by atoms with Crippen LogP contribution in [0.5, 0.6) is 0 Å². The molecule has 4 aromatic rings. The zero-order valence-electron chi connectivity index (χ0n) is 20.1. The number of hydrogen-bond acceptors (Lipinski definition) is 5. The van der Waals surface area contributed by atoms with E-state index in [-0.39, 0.29) is 17.1 Å². The molecule has 6 heteroatoms. The number of pyridine rings is 2. The van der Waals surface area contributed by atoms with Crippen LogP contribution in [0.15, 0.2) is 119 Å². The number of ketones is 2. The Kier molecular flexibility index (Phi) is 4.73. The second kappa shape index (κ2) is 8.19. The van der Waals surface area contributed by atoms with Crippen molar-refractivity contribution < 1.29 is 9.59 Å². The van der Waals surface area contributed by atoms with Crippen molar-refractivity contribution in [2.24, 2.45) is 0 Å². The maximum atomic E-state index is 13.4. The number of Topliss-reactive ketones (excluding diaryl/α,β-unsaturated/α-hetero) is 2. The average molecular weight is 605 g/mol. The molecule has 0 bridgehead atoms. The van der Waals surface area contributed by atoms with Crippen molar-refractivity contribution in [1.82, 2.24) is 9.97 Å². The van der Waals surface area contributed by atoms with E-state index >= 15 is 0 Å². The van der Waals surface area contributed by atoms with Gasteiger partial charge in [-0.3, -0.25) is 0 Å². The third-order valence-corrected chi connectivity index (χ3v) is 10.6. The first-order valence-corrected chi connectivity index (χ1v) is 14.8. The summed E-state index contributed by atoms with van der Waals surface area (Å²) in [5.74, 6) is 1.63. The molecule has 0 fully saturated rings. The van der Waals surface area contributed by atoms with Gasteiger partial charge < -0.3 is 0 Å². The number of carbonyl (C=O) groups excluding carboxylic acids is 2. The third-order valence-electron chi connectivity index (χ3n) is 7.53. The molecule has 1 aliphatic heterocycles. The van der Waals surface area contributed by atoms with Crippen LogP contribution in [0.2, 0.25) is 0 Å². The van der Waals surface area contributed by atoms with Gasteiger partial charge in [0.2, 0.25) is 0 Å². The van der Waals surface area contributed by atoms with Crippen LogP contribution < -0.4 is 12.1 Å². The van der Waals surface area contributed by atoms with Crippen LogP contribution in [-0.4, -0.2) is 42.5 Å². The molecule has 5 nitrogen and oxygen atoms in total. The number of allylic oxidation sites excluding steroid dienone is 7. The second-order valence-corrected chi connectivity index (χ2v) is 12.9. The van der Waals surface area contributed by atoms with Crippen molar-refractivity contribution in [2.75, 3.05) is 4.90 Å². The summed E-state index contributed by atoms with van der Waals surface area (Å²) in [4.78, 5) is 38.3. The van der Waals surface area contributed by atoms with Crippen LogP contribution in [0.25, 0.3) is 10.8 Å². The molecule has 2 aromatic heterocycles. The Morgan fingerprint density at radius 3 is 2.26 bits per heavy atom. The van der Waals surface area contributed by atoms with Crippen LogP contribution >= 0.6 is 0 Å². The number of aromatic nitrogens is 2. The summed E-state index contributed by atoms with van der Waals surface area (Å²) < 4.78 is 2.63. The molecule has 0 saturated carbocycles. The number of anilines is 2. The Morgan fingerprint density at radius 1 is 0.763 bits per heavy atom. The van der Waals surface area contributed by atoms with E-state index in [0.717, 1.165) is 40.1 Å². The van der Waals surface area contributed by atoms with Crippen molar-refractivity contribution in [3.8, 4) is 0 Å². The number of hydrogen-bond donors (Lipinski definition) is 0. The van der Waals surface area contributed by atoms with Crippen molar-refractivity contribution in [1.29, 1.82) is 0 Å². The first-order valence-electron chi connectivity index (χ1n) is 12.5. The van der Waals surface area contributed by atoms with Gasteiger partial charge in [0, 0.05) is 0 Å². The van der Waals surface area contributed by atoms with Crippen LogP contribution in [0, 0.1) is 0 Å². The fourth-order valence-electron chi connectivity index (χ4n) is 5.85. The van der Waals surface area contributed by atoms with E-state index in [9.17, 15) is 9.59 Å². The topological polar surface area (TPSA) is 63.2 Å². The van der Waals surface area contributed by atoms with E-state index in [2.05, 4.69) is 29.2 Å². The van der Waals surface area contributed by atoms with Crippen LogP contribution in [0.4, 0.5) is 11.6 Å². The van der Waals surface area contributed by atoms with Crippen LogP contribution in [0.1, 0.15) is 33.6 Å². The van der Waals surface area contributed by atoms with Gasteiger partial charge >= 0.3 is 183 Å². The minimum absolute atomic E-state index is 0.173. The van der Waals surface area contributed by atoms with E-state index in [1.54, 1.807) is 6.07 Å². The molecule has 0 radical (unpaired) electrons. The number of nitrogens with zero attached hydrogens (tertiary/aromatic N) is 3. The van der Waals surface area contributed by atoms with Gasteiger partial charge in [-0.05, 0) is 16.8 Å². The minimum Gasteiger partial charge on any atom is -0.0616 e. The van der Waals surface area contributed by atoms with Crippen molar-refractivity contribution in [3.63, 3.8) is 0 Å². The van der Waals surface area contributed by atoms with Gasteiger partial charge in [0.15, 0.2) is 0 Å². The summed E-state index contributed by atoms with van der Waals surface area (Å²) in [6.45, 7) is 0. The molecule has 4 aliphatic rings. The molecule has 180 valence electrons. The van der Waals surface area contributed by atoms with Crippen molar-refractivity contribution in [2.45, 2.75) is 12.8 Å². The molecule has 0 atom stereocenters. The number of carbonyl (C=O) groups is 2. The summed E-state index contributed by atoms with van der Waals surface area (Å²) in [6, 6.07) is 19.8. The van der Waals surface area contributed by atoms with Gasteiger partial charge in [-0.2, -0.15) is 0 Å². The van der Waals surface area contributed by atoms with Gasteiger partial charge in [0.1, 0.15) is 0 Å². The Labute approximate surface area is 229 Å². The van der Waals surface area contributed by atoms with Gasteiger partial charge in [0.05, 0.1) is 0 Å². The normalized spacial score (nSPS) is 18.5. The summed E-state index contributed by atoms with van der Waals surface area (Å²) in [7, 11) is 0. The van der Waals surface area contributed by atoms with E-state index in [1.165, 1.54) is 18.4 Å². The van der Waals surface area contributed by atoms with Gasteiger partial charge in [-0.15, -0.1) is 0 Å². The smallest absolute Gasteiger partial charge is 0.0616 e. The number of rotatable bonds is 2. The van der Waals surface area contributed by atoms with Gasteiger partial charge in [-0.25, -0.2) is 0 Å². The standard InChI is InChI=1S/C32H19N3O2Te/c36-29-24-10-9-19-5-1-2-6-23(19)28(24)30(37)25(29)15-18-13-20-16-22(17-21(20)14-18)35-31-26(7-3-11-33-31)38-27-8-4-12-34-32(27)35/h1-13,15,17H,14,16H2/b25-15+. The van der Waals surface area contributed by atoms with E-state index in [0.29, 0.717) is 17.5 Å². The van der Waals surface area contributed by atoms with E-state index in [4.69, 9.17) is 9.97 Å². The zero-order valence-corrected chi connectivity index (χ0v) is 22.5. The van der Waals surface area contributed by atoms with E-state index in [1.807, 2.05) is 60.9 Å². The Morgan fingerprint density at radius 2 is 1.50 bits per heavy atom. The molecule has 0 spiro atoms. The SMILES string of the molecule is O=C1/C(=C\C2=CC3=C(C=C(N4c5ncccc5[Te]c5cccnc54)C3)C2)C(=O)c2c1ccc1ccccc21. The first-order chi connectivity index (χ1) is 18.7. The molecule has 2 aromatic carbocycles. The van der Waals surface area contributed by atoms with Crippen molar-refractivity contribution >= 4 is 62.1 Å². The van der Waals surface area contributed by atoms with E-state index < -0.39 is 20.9 Å². The molecule has 0 saturated heterocycles. The quantitative estimate of drug-likeness (QED) is 0.189. The molecule has 0 amide bonds. The summed E-state index contributed by atoms with van der Waals surface area (Å²) in [5, 5.41) is 1.81. The van der Waals surface area contributed by atoms with Crippen LogP contribution in [-0.2, 0) is 0 Å². The predicted octanol–water partition coefficient (Wildman–Crippen LogP) is 4.66. The molecule has 8 rings (SSSR count). The zero-order chi connectivity index (χ0) is 25.4. The molecule has 0 N–H and O–H groups in total. The van der Waals surface area contributed by atoms with Gasteiger partial charge in [-0.1, -0.05) is 30.3 Å². The summed E-state index contributed by atoms with van der Waals surface area (Å²) in [5.41, 5.74) is 5.93. The molecular formula is C32H19N3O2Te. The molecular weight excluding hydrogens is 586 g/mol. The molecule has 3 aliphatic carbocycles. The van der Waals surface area contributed by atoms with Gasteiger partial charge in [0.25, 0.3) is 0 Å². The molecule has 0 unspecified atom stereocenters. The molecule has 3 heterocycles. The average Bonchev–Trinajstić information content (AvgIpc) is 3.58. The number of benzene rings is 2. The minimum atomic E-state index is -0.536. The molecule has 38 heavy (non-hydrogen) atoms. The van der Waals surface area contributed by atoms with Crippen molar-refractivity contribution in [3.05, 3.63) is 130 Å². The predicted molar refractivity (Wildman–Crippen MR) is 149 cm³/mol. The Bertz CT molecular complexity index is 1850. The second-order valence-electron chi connectivity index (χ2n) is 9.77. The fraction of sp³-hybridized carbons (Fsp3) is 0.0625. The summed E-state index contributed by atoms with van der Waals surface area (Å²) >= 11 is -0.536. The first kappa shape index (κ1) is 21.9. The Hall–Kier alpha value is -4.11.